The fourth-order valence-corrected chi connectivity index (χ4v) is 4.10. The highest BCUT2D eigenvalue weighted by molar-refractivity contribution is 5.67. The minimum atomic E-state index is 0.728. The Labute approximate surface area is 181 Å². The van der Waals surface area contributed by atoms with Crippen LogP contribution in [0.5, 0.6) is 0 Å². The molecule has 9 nitrogen and oxygen atoms in total. The van der Waals surface area contributed by atoms with Gasteiger partial charge in [-0.05, 0) is 24.8 Å². The van der Waals surface area contributed by atoms with Gasteiger partial charge in [0.25, 0.3) is 0 Å². The van der Waals surface area contributed by atoms with Crippen LogP contribution < -0.4 is 0 Å². The third-order valence-electron chi connectivity index (χ3n) is 5.80. The number of aromatic nitrogens is 9. The van der Waals surface area contributed by atoms with Gasteiger partial charge in [0, 0.05) is 50.4 Å². The van der Waals surface area contributed by atoms with Crippen molar-refractivity contribution in [2.24, 2.45) is 0 Å². The van der Waals surface area contributed by atoms with Crippen LogP contribution in [0.2, 0.25) is 0 Å². The number of nitrogens with zero attached hydrogens (tertiary/aromatic N) is 9. The maximum Gasteiger partial charge on any atom is 0.0925 e. The van der Waals surface area contributed by atoms with Crippen molar-refractivity contribution in [1.82, 2.24) is 45.0 Å². The van der Waals surface area contributed by atoms with Crippen LogP contribution in [0.25, 0.3) is 11.3 Å². The Bertz CT molecular complexity index is 1150. The molecule has 0 amide bonds. The summed E-state index contributed by atoms with van der Waals surface area (Å²) in [5.41, 5.74) is 6.80. The zero-order chi connectivity index (χ0) is 21.0. The van der Waals surface area contributed by atoms with E-state index in [0.717, 1.165) is 74.5 Å². The predicted octanol–water partition coefficient (Wildman–Crippen LogP) is 2.51. The maximum atomic E-state index is 4.45. The third-order valence-corrected chi connectivity index (χ3v) is 5.80. The highest BCUT2D eigenvalue weighted by atomic mass is 15.4. The summed E-state index contributed by atoms with van der Waals surface area (Å²) < 4.78 is 5.81. The first-order valence-corrected chi connectivity index (χ1v) is 11.1. The number of fused-ring (bicyclic) bond motifs is 3. The van der Waals surface area contributed by atoms with Gasteiger partial charge in [-0.3, -0.25) is 9.36 Å². The van der Waals surface area contributed by atoms with Crippen LogP contribution in [0.1, 0.15) is 42.4 Å². The molecule has 4 heterocycles. The summed E-state index contributed by atoms with van der Waals surface area (Å²) in [6.45, 7) is 4.55. The molecular formula is C22H27N9. The van der Waals surface area contributed by atoms with E-state index >= 15 is 0 Å². The van der Waals surface area contributed by atoms with Crippen LogP contribution >= 0.6 is 0 Å². The quantitative estimate of drug-likeness (QED) is 0.415. The van der Waals surface area contributed by atoms with E-state index in [1.54, 1.807) is 0 Å². The van der Waals surface area contributed by atoms with Crippen molar-refractivity contribution in [1.29, 1.82) is 0 Å². The Morgan fingerprint density at radius 2 is 1.58 bits per heavy atom. The van der Waals surface area contributed by atoms with Crippen LogP contribution in [-0.2, 0) is 45.3 Å². The molecule has 0 bridgehead atoms. The second-order valence-corrected chi connectivity index (χ2v) is 8.06. The van der Waals surface area contributed by atoms with Crippen molar-refractivity contribution >= 4 is 0 Å². The van der Waals surface area contributed by atoms with Crippen LogP contribution in [-0.4, -0.2) is 45.0 Å². The fourth-order valence-electron chi connectivity index (χ4n) is 4.10. The van der Waals surface area contributed by atoms with E-state index in [9.17, 15) is 0 Å². The standard InChI is InChI=1S/C22H27N9/c1-2-3-7-18-15-29(26-23-18)12-10-19-16-30(27-24-19)13-11-21-22-20-8-5-4-6-17(20)9-14-31(22)28-25-21/h4-6,8,15-16H,2-3,7,9-14H2,1H3. The summed E-state index contributed by atoms with van der Waals surface area (Å²) in [7, 11) is 0. The van der Waals surface area contributed by atoms with Crippen LogP contribution in [0.3, 0.4) is 0 Å². The topological polar surface area (TPSA) is 92.1 Å². The van der Waals surface area contributed by atoms with Gasteiger partial charge in [-0.15, -0.1) is 15.3 Å². The van der Waals surface area contributed by atoms with Gasteiger partial charge in [0.1, 0.15) is 0 Å². The summed E-state index contributed by atoms with van der Waals surface area (Å²) in [4.78, 5) is 0. The molecular weight excluding hydrogens is 390 g/mol. The van der Waals surface area contributed by atoms with E-state index < -0.39 is 0 Å². The monoisotopic (exact) mass is 417 g/mol. The van der Waals surface area contributed by atoms with Gasteiger partial charge >= 0.3 is 0 Å². The normalized spacial score (nSPS) is 12.7. The van der Waals surface area contributed by atoms with Crippen molar-refractivity contribution in [2.45, 2.75) is 65.1 Å². The van der Waals surface area contributed by atoms with Gasteiger partial charge in [0.2, 0.25) is 0 Å². The highest BCUT2D eigenvalue weighted by Crippen LogP contribution is 2.30. The molecule has 0 N–H and O–H groups in total. The van der Waals surface area contributed by atoms with Crippen molar-refractivity contribution in [3.05, 3.63) is 59.3 Å². The van der Waals surface area contributed by atoms with Crippen LogP contribution in [0.15, 0.2) is 36.7 Å². The van der Waals surface area contributed by atoms with Gasteiger partial charge in [0.05, 0.1) is 22.8 Å². The summed E-state index contributed by atoms with van der Waals surface area (Å²) in [5, 5.41) is 25.9. The van der Waals surface area contributed by atoms with Crippen molar-refractivity contribution in [3.63, 3.8) is 0 Å². The van der Waals surface area contributed by atoms with Crippen molar-refractivity contribution in [2.75, 3.05) is 0 Å². The molecule has 0 radical (unpaired) electrons. The minimum absolute atomic E-state index is 0.728. The van der Waals surface area contributed by atoms with Gasteiger partial charge in [-0.25, -0.2) is 4.68 Å². The van der Waals surface area contributed by atoms with Gasteiger partial charge < -0.3 is 0 Å². The first-order valence-electron chi connectivity index (χ1n) is 11.1. The predicted molar refractivity (Wildman–Crippen MR) is 115 cm³/mol. The zero-order valence-electron chi connectivity index (χ0n) is 17.9. The van der Waals surface area contributed by atoms with E-state index in [1.807, 2.05) is 26.4 Å². The number of hydrogen-bond donors (Lipinski definition) is 0. The lowest BCUT2D eigenvalue weighted by molar-refractivity contribution is 0.578. The second-order valence-electron chi connectivity index (χ2n) is 8.06. The summed E-state index contributed by atoms with van der Waals surface area (Å²) >= 11 is 0. The molecule has 0 unspecified atom stereocenters. The zero-order valence-corrected chi connectivity index (χ0v) is 17.9. The summed E-state index contributed by atoms with van der Waals surface area (Å²) in [5.74, 6) is 0. The summed E-state index contributed by atoms with van der Waals surface area (Å²) in [6, 6.07) is 8.54. The van der Waals surface area contributed by atoms with E-state index in [0.29, 0.717) is 0 Å². The molecule has 0 fully saturated rings. The molecule has 9 heteroatoms. The summed E-state index contributed by atoms with van der Waals surface area (Å²) in [6.07, 6.45) is 9.91. The molecule has 4 aromatic rings. The smallest absolute Gasteiger partial charge is 0.0925 e. The van der Waals surface area contributed by atoms with E-state index in [2.05, 4.69) is 62.1 Å². The van der Waals surface area contributed by atoms with E-state index in [4.69, 9.17) is 0 Å². The molecule has 3 aromatic heterocycles. The lowest BCUT2D eigenvalue weighted by atomic mass is 9.97. The molecule has 0 spiro atoms. The van der Waals surface area contributed by atoms with Crippen LogP contribution in [0.4, 0.5) is 0 Å². The lowest BCUT2D eigenvalue weighted by Crippen LogP contribution is -2.13. The number of hydrogen-bond acceptors (Lipinski definition) is 6. The van der Waals surface area contributed by atoms with Crippen molar-refractivity contribution < 1.29 is 0 Å². The SMILES string of the molecule is CCCCc1cn(CCc2cn(CCc3nnn4c3-c3ccccc3CC4)nn2)nn1. The Balaban J connectivity index is 1.19. The molecule has 160 valence electrons. The number of aryl methyl sites for hydroxylation is 7. The molecule has 31 heavy (non-hydrogen) atoms. The van der Waals surface area contributed by atoms with Gasteiger partial charge in [0.15, 0.2) is 0 Å². The maximum absolute atomic E-state index is 4.45. The first kappa shape index (κ1) is 19.6. The van der Waals surface area contributed by atoms with Crippen molar-refractivity contribution in [3.8, 4) is 11.3 Å². The number of benzene rings is 1. The van der Waals surface area contributed by atoms with Gasteiger partial charge in [-0.1, -0.05) is 53.3 Å². The fraction of sp³-hybridized carbons (Fsp3) is 0.455. The Morgan fingerprint density at radius 1 is 0.839 bits per heavy atom. The molecule has 5 rings (SSSR count). The van der Waals surface area contributed by atoms with Crippen LogP contribution in [0, 0.1) is 0 Å². The Hall–Kier alpha value is -3.36. The van der Waals surface area contributed by atoms with E-state index in [-0.39, 0.29) is 0 Å². The Morgan fingerprint density at radius 3 is 2.39 bits per heavy atom. The number of unbranched alkanes of at least 4 members (excludes halogenated alkanes) is 1. The lowest BCUT2D eigenvalue weighted by Gasteiger charge is -2.17. The number of rotatable bonds is 9. The molecule has 1 aliphatic rings. The molecule has 0 atom stereocenters. The Kier molecular flexibility index (Phi) is 5.56. The average molecular weight is 418 g/mol. The average Bonchev–Trinajstić information content (AvgIpc) is 3.54. The molecule has 0 aliphatic carbocycles. The first-order chi connectivity index (χ1) is 15.3. The third kappa shape index (κ3) is 4.26. The molecule has 1 aromatic carbocycles. The minimum Gasteiger partial charge on any atom is -0.252 e. The second kappa shape index (κ2) is 8.79. The van der Waals surface area contributed by atoms with Gasteiger partial charge in [-0.2, -0.15) is 0 Å². The molecule has 0 saturated carbocycles. The van der Waals surface area contributed by atoms with E-state index in [1.165, 1.54) is 17.5 Å². The highest BCUT2D eigenvalue weighted by Gasteiger charge is 2.21. The molecule has 1 aliphatic heterocycles. The largest absolute Gasteiger partial charge is 0.252 e. The molecule has 0 saturated heterocycles.